The van der Waals surface area contributed by atoms with Crippen LogP contribution in [0.4, 0.5) is 0 Å². The number of aliphatic hydroxyl groups excluding tert-OH is 1. The van der Waals surface area contributed by atoms with Crippen molar-refractivity contribution in [3.63, 3.8) is 0 Å². The van der Waals surface area contributed by atoms with Gasteiger partial charge in [0.1, 0.15) is 0 Å². The summed E-state index contributed by atoms with van der Waals surface area (Å²) in [6.07, 6.45) is 3.99. The smallest absolute Gasteiger partial charge is 0.0791 e. The Morgan fingerprint density at radius 2 is 2.17 bits per heavy atom. The van der Waals surface area contributed by atoms with Crippen LogP contribution in [-0.4, -0.2) is 24.9 Å². The molecular weight excluding hydrogens is 228 g/mol. The van der Waals surface area contributed by atoms with Crippen molar-refractivity contribution in [2.24, 2.45) is 0 Å². The van der Waals surface area contributed by atoms with E-state index in [1.54, 1.807) is 7.11 Å². The Morgan fingerprint density at radius 3 is 2.78 bits per heavy atom. The summed E-state index contributed by atoms with van der Waals surface area (Å²) in [7, 11) is 1.68. The van der Waals surface area contributed by atoms with Gasteiger partial charge in [0.05, 0.1) is 18.8 Å². The summed E-state index contributed by atoms with van der Waals surface area (Å²) in [6, 6.07) is 7.98. The lowest BCUT2D eigenvalue weighted by Crippen LogP contribution is -2.08. The van der Waals surface area contributed by atoms with Gasteiger partial charge in [-0.3, -0.25) is 0 Å². The Hall–Kier alpha value is -0.900. The molecule has 1 aliphatic rings. The molecule has 1 aromatic carbocycles. The standard InChI is InChI=1S/C15H22O3/c1-17-11-12-4-6-13(7-5-12)15(16)9-8-14-3-2-10-18-14/h4-7,14-16H,2-3,8-11H2,1H3. The number of rotatable bonds is 6. The van der Waals surface area contributed by atoms with E-state index in [1.807, 2.05) is 24.3 Å². The van der Waals surface area contributed by atoms with Crippen molar-refractivity contribution in [3.8, 4) is 0 Å². The molecule has 0 aromatic heterocycles. The molecule has 1 saturated heterocycles. The SMILES string of the molecule is COCc1ccc(C(O)CCC2CCCO2)cc1. The molecule has 2 atom stereocenters. The van der Waals surface area contributed by atoms with Crippen LogP contribution < -0.4 is 0 Å². The van der Waals surface area contributed by atoms with Crippen molar-refractivity contribution >= 4 is 0 Å². The van der Waals surface area contributed by atoms with Crippen LogP contribution >= 0.6 is 0 Å². The minimum atomic E-state index is -0.384. The first-order chi connectivity index (χ1) is 8.79. The molecular formula is C15H22O3. The van der Waals surface area contributed by atoms with Crippen LogP contribution in [0.25, 0.3) is 0 Å². The minimum Gasteiger partial charge on any atom is -0.388 e. The molecule has 1 N–H and O–H groups in total. The maximum atomic E-state index is 10.1. The van der Waals surface area contributed by atoms with Crippen molar-refractivity contribution < 1.29 is 14.6 Å². The summed E-state index contributed by atoms with van der Waals surface area (Å²) in [4.78, 5) is 0. The van der Waals surface area contributed by atoms with E-state index in [9.17, 15) is 5.11 Å². The molecule has 2 rings (SSSR count). The highest BCUT2D eigenvalue weighted by molar-refractivity contribution is 5.23. The number of aliphatic hydroxyl groups is 1. The summed E-state index contributed by atoms with van der Waals surface area (Å²) < 4.78 is 10.6. The Labute approximate surface area is 109 Å². The first-order valence-electron chi connectivity index (χ1n) is 6.67. The van der Waals surface area contributed by atoms with Crippen LogP contribution in [-0.2, 0) is 16.1 Å². The van der Waals surface area contributed by atoms with Crippen molar-refractivity contribution in [2.45, 2.75) is 44.5 Å². The summed E-state index contributed by atoms with van der Waals surface area (Å²) >= 11 is 0. The summed E-state index contributed by atoms with van der Waals surface area (Å²) in [5.41, 5.74) is 2.11. The molecule has 18 heavy (non-hydrogen) atoms. The minimum absolute atomic E-state index is 0.354. The van der Waals surface area contributed by atoms with Crippen molar-refractivity contribution in [1.82, 2.24) is 0 Å². The van der Waals surface area contributed by atoms with Gasteiger partial charge in [0, 0.05) is 13.7 Å². The Balaban J connectivity index is 1.81. The van der Waals surface area contributed by atoms with Crippen LogP contribution in [0.3, 0.4) is 0 Å². The zero-order chi connectivity index (χ0) is 12.8. The molecule has 1 fully saturated rings. The van der Waals surface area contributed by atoms with Crippen LogP contribution in [0.15, 0.2) is 24.3 Å². The first-order valence-corrected chi connectivity index (χ1v) is 6.67. The van der Waals surface area contributed by atoms with Gasteiger partial charge in [0.15, 0.2) is 0 Å². The van der Waals surface area contributed by atoms with Gasteiger partial charge >= 0.3 is 0 Å². The Bertz CT molecular complexity index is 341. The molecule has 0 spiro atoms. The van der Waals surface area contributed by atoms with Gasteiger partial charge in [-0.1, -0.05) is 24.3 Å². The van der Waals surface area contributed by atoms with Crippen LogP contribution in [0, 0.1) is 0 Å². The fourth-order valence-corrected chi connectivity index (χ4v) is 2.39. The maximum Gasteiger partial charge on any atom is 0.0791 e. The van der Waals surface area contributed by atoms with Gasteiger partial charge in [0.25, 0.3) is 0 Å². The van der Waals surface area contributed by atoms with Crippen LogP contribution in [0.2, 0.25) is 0 Å². The van der Waals surface area contributed by atoms with Gasteiger partial charge in [0.2, 0.25) is 0 Å². The molecule has 0 radical (unpaired) electrons. The highest BCUT2D eigenvalue weighted by atomic mass is 16.5. The lowest BCUT2D eigenvalue weighted by molar-refractivity contribution is 0.0812. The van der Waals surface area contributed by atoms with E-state index in [0.717, 1.165) is 43.4 Å². The maximum absolute atomic E-state index is 10.1. The van der Waals surface area contributed by atoms with E-state index >= 15 is 0 Å². The number of ether oxygens (including phenoxy) is 2. The van der Waals surface area contributed by atoms with E-state index in [2.05, 4.69) is 0 Å². The topological polar surface area (TPSA) is 38.7 Å². The van der Waals surface area contributed by atoms with Gasteiger partial charge in [-0.15, -0.1) is 0 Å². The van der Waals surface area contributed by atoms with Crippen molar-refractivity contribution in [2.75, 3.05) is 13.7 Å². The third kappa shape index (κ3) is 3.80. The molecule has 0 saturated carbocycles. The Morgan fingerprint density at radius 1 is 1.39 bits per heavy atom. The molecule has 1 heterocycles. The highest BCUT2D eigenvalue weighted by Gasteiger charge is 2.17. The second kappa shape index (κ2) is 6.88. The quantitative estimate of drug-likeness (QED) is 0.843. The van der Waals surface area contributed by atoms with Gasteiger partial charge < -0.3 is 14.6 Å². The molecule has 0 amide bonds. The molecule has 100 valence electrons. The molecule has 0 bridgehead atoms. The first kappa shape index (κ1) is 13.5. The lowest BCUT2D eigenvalue weighted by Gasteiger charge is -2.14. The molecule has 1 aliphatic heterocycles. The number of hydrogen-bond donors (Lipinski definition) is 1. The molecule has 2 unspecified atom stereocenters. The number of hydrogen-bond acceptors (Lipinski definition) is 3. The molecule has 1 aromatic rings. The Kier molecular flexibility index (Phi) is 5.17. The second-order valence-corrected chi connectivity index (χ2v) is 4.90. The lowest BCUT2D eigenvalue weighted by atomic mass is 10.0. The predicted octanol–water partition coefficient (Wildman–Crippen LogP) is 2.83. The highest BCUT2D eigenvalue weighted by Crippen LogP contribution is 2.24. The molecule has 3 nitrogen and oxygen atoms in total. The zero-order valence-corrected chi connectivity index (χ0v) is 11.0. The van der Waals surface area contributed by atoms with Crippen molar-refractivity contribution in [3.05, 3.63) is 35.4 Å². The number of benzene rings is 1. The normalized spacial score (nSPS) is 21.1. The predicted molar refractivity (Wildman–Crippen MR) is 70.3 cm³/mol. The largest absolute Gasteiger partial charge is 0.388 e. The van der Waals surface area contributed by atoms with E-state index < -0.39 is 0 Å². The molecule has 0 aliphatic carbocycles. The average molecular weight is 250 g/mol. The van der Waals surface area contributed by atoms with E-state index in [4.69, 9.17) is 9.47 Å². The average Bonchev–Trinajstić information content (AvgIpc) is 2.90. The van der Waals surface area contributed by atoms with Gasteiger partial charge in [-0.25, -0.2) is 0 Å². The zero-order valence-electron chi connectivity index (χ0n) is 11.0. The second-order valence-electron chi connectivity index (χ2n) is 4.90. The van der Waals surface area contributed by atoms with Gasteiger partial charge in [-0.2, -0.15) is 0 Å². The van der Waals surface area contributed by atoms with E-state index in [1.165, 1.54) is 0 Å². The van der Waals surface area contributed by atoms with E-state index in [0.29, 0.717) is 12.7 Å². The third-order valence-corrected chi connectivity index (χ3v) is 3.46. The molecule has 3 heteroatoms. The van der Waals surface area contributed by atoms with Crippen LogP contribution in [0.5, 0.6) is 0 Å². The fourth-order valence-electron chi connectivity index (χ4n) is 2.39. The van der Waals surface area contributed by atoms with Gasteiger partial charge in [-0.05, 0) is 36.8 Å². The van der Waals surface area contributed by atoms with E-state index in [-0.39, 0.29) is 6.10 Å². The summed E-state index contributed by atoms with van der Waals surface area (Å²) in [5.74, 6) is 0. The fraction of sp³-hybridized carbons (Fsp3) is 0.600. The third-order valence-electron chi connectivity index (χ3n) is 3.46. The summed E-state index contributed by atoms with van der Waals surface area (Å²) in [5, 5.41) is 10.1. The number of methoxy groups -OCH3 is 1. The van der Waals surface area contributed by atoms with Crippen LogP contribution in [0.1, 0.15) is 42.9 Å². The summed E-state index contributed by atoms with van der Waals surface area (Å²) in [6.45, 7) is 1.50. The van der Waals surface area contributed by atoms with Crippen molar-refractivity contribution in [1.29, 1.82) is 0 Å². The monoisotopic (exact) mass is 250 g/mol.